The van der Waals surface area contributed by atoms with Gasteiger partial charge in [0.2, 0.25) is 15.9 Å². The molecule has 0 aliphatic carbocycles. The lowest BCUT2D eigenvalue weighted by Gasteiger charge is -2.23. The Hall–Kier alpha value is -2.58. The van der Waals surface area contributed by atoms with E-state index in [4.69, 9.17) is 9.47 Å². The number of benzene rings is 2. The number of amides is 1. The predicted octanol–water partition coefficient (Wildman–Crippen LogP) is 2.60. The van der Waals surface area contributed by atoms with Crippen molar-refractivity contribution in [2.45, 2.75) is 18.7 Å². The molecular weight excluding hydrogens is 380 g/mol. The van der Waals surface area contributed by atoms with E-state index in [0.29, 0.717) is 17.2 Å². The molecule has 0 fully saturated rings. The van der Waals surface area contributed by atoms with Crippen LogP contribution in [0.25, 0.3) is 0 Å². The van der Waals surface area contributed by atoms with Crippen molar-refractivity contribution >= 4 is 21.6 Å². The number of hydrogen-bond donors (Lipinski definition) is 0. The number of hydrogen-bond acceptors (Lipinski definition) is 5. The Morgan fingerprint density at radius 3 is 2.14 bits per heavy atom. The monoisotopic (exact) mass is 406 g/mol. The highest BCUT2D eigenvalue weighted by molar-refractivity contribution is 7.89. The molecule has 0 aromatic heterocycles. The van der Waals surface area contributed by atoms with Gasteiger partial charge in [0.1, 0.15) is 0 Å². The molecule has 0 saturated carbocycles. The van der Waals surface area contributed by atoms with Crippen LogP contribution in [0.4, 0.5) is 5.69 Å². The summed E-state index contributed by atoms with van der Waals surface area (Å²) in [6, 6.07) is 9.98. The van der Waals surface area contributed by atoms with Crippen LogP contribution in [0.1, 0.15) is 11.1 Å². The zero-order chi connectivity index (χ0) is 21.1. The fraction of sp³-hybridized carbons (Fsp3) is 0.350. The molecule has 0 atom stereocenters. The lowest BCUT2D eigenvalue weighted by atomic mass is 10.1. The number of sulfonamides is 1. The molecule has 1 amide bonds. The summed E-state index contributed by atoms with van der Waals surface area (Å²) in [5.74, 6) is 0.389. The van der Waals surface area contributed by atoms with Crippen LogP contribution < -0.4 is 14.4 Å². The van der Waals surface area contributed by atoms with Gasteiger partial charge in [0.15, 0.2) is 11.5 Å². The first kappa shape index (κ1) is 21.7. The van der Waals surface area contributed by atoms with Gasteiger partial charge in [0, 0.05) is 25.8 Å². The number of likely N-dealkylation sites (N-methyl/N-ethyl adjacent to an activating group) is 2. The smallest absolute Gasteiger partial charge is 0.243 e. The third kappa shape index (κ3) is 4.45. The maximum absolute atomic E-state index is 12.9. The minimum Gasteiger partial charge on any atom is -0.493 e. The lowest BCUT2D eigenvalue weighted by molar-refractivity contribution is -0.118. The lowest BCUT2D eigenvalue weighted by Crippen LogP contribution is -2.39. The van der Waals surface area contributed by atoms with Crippen LogP contribution in [0.5, 0.6) is 11.5 Å². The summed E-state index contributed by atoms with van der Waals surface area (Å²) in [7, 11) is 2.03. The highest BCUT2D eigenvalue weighted by Gasteiger charge is 2.26. The Balaban J connectivity index is 2.21. The maximum atomic E-state index is 12.9. The molecule has 7 nitrogen and oxygen atoms in total. The second-order valence-electron chi connectivity index (χ2n) is 6.50. The van der Waals surface area contributed by atoms with Crippen molar-refractivity contribution in [1.29, 1.82) is 0 Å². The molecule has 2 aromatic carbocycles. The summed E-state index contributed by atoms with van der Waals surface area (Å²) in [6.45, 7) is 3.66. The summed E-state index contributed by atoms with van der Waals surface area (Å²) in [5.41, 5.74) is 2.89. The second-order valence-corrected chi connectivity index (χ2v) is 8.54. The van der Waals surface area contributed by atoms with Gasteiger partial charge in [-0.15, -0.1) is 0 Å². The third-order valence-corrected chi connectivity index (χ3v) is 6.47. The summed E-state index contributed by atoms with van der Waals surface area (Å²) >= 11 is 0. The normalized spacial score (nSPS) is 11.4. The molecule has 0 spiro atoms. The standard InChI is InChI=1S/C20H26N2O5S/c1-14-7-8-16(11-15(14)2)22(4)20(23)13-21(3)28(24,25)17-9-10-18(26-5)19(12-17)27-6/h7-12H,13H2,1-6H3. The second kappa shape index (κ2) is 8.62. The number of anilines is 1. The van der Waals surface area contributed by atoms with Gasteiger partial charge in [-0.25, -0.2) is 8.42 Å². The molecule has 152 valence electrons. The number of nitrogens with zero attached hydrogens (tertiary/aromatic N) is 2. The number of ether oxygens (including phenoxy) is 2. The van der Waals surface area contributed by atoms with Crippen LogP contribution in [0, 0.1) is 13.8 Å². The fourth-order valence-corrected chi connectivity index (χ4v) is 3.75. The van der Waals surface area contributed by atoms with Crippen LogP contribution in [0.15, 0.2) is 41.3 Å². The first-order chi connectivity index (χ1) is 13.1. The molecule has 0 aliphatic rings. The van der Waals surface area contributed by atoms with E-state index < -0.39 is 10.0 Å². The highest BCUT2D eigenvalue weighted by atomic mass is 32.2. The molecule has 0 radical (unpaired) electrons. The molecule has 0 aliphatic heterocycles. The summed E-state index contributed by atoms with van der Waals surface area (Å²) in [6.07, 6.45) is 0. The average molecular weight is 407 g/mol. The molecule has 2 aromatic rings. The number of carbonyl (C=O) groups excluding carboxylic acids is 1. The van der Waals surface area contributed by atoms with Crippen molar-refractivity contribution in [2.24, 2.45) is 0 Å². The first-order valence-corrected chi connectivity index (χ1v) is 10.1. The first-order valence-electron chi connectivity index (χ1n) is 8.64. The van der Waals surface area contributed by atoms with Crippen molar-refractivity contribution in [1.82, 2.24) is 4.31 Å². The molecule has 0 bridgehead atoms. The van der Waals surface area contributed by atoms with Crippen molar-refractivity contribution in [3.8, 4) is 11.5 Å². The van der Waals surface area contributed by atoms with E-state index in [9.17, 15) is 13.2 Å². The minimum absolute atomic E-state index is 0.0225. The predicted molar refractivity (Wildman–Crippen MR) is 109 cm³/mol. The van der Waals surface area contributed by atoms with Crippen LogP contribution in [0.2, 0.25) is 0 Å². The zero-order valence-corrected chi connectivity index (χ0v) is 17.8. The number of rotatable bonds is 7. The molecular formula is C20H26N2O5S. The van der Waals surface area contributed by atoms with E-state index in [1.165, 1.54) is 44.4 Å². The number of carbonyl (C=O) groups is 1. The largest absolute Gasteiger partial charge is 0.493 e. The average Bonchev–Trinajstić information content (AvgIpc) is 2.68. The van der Waals surface area contributed by atoms with Crippen LogP contribution in [-0.2, 0) is 14.8 Å². The van der Waals surface area contributed by atoms with Gasteiger partial charge in [0.05, 0.1) is 25.7 Å². The van der Waals surface area contributed by atoms with E-state index in [1.807, 2.05) is 32.0 Å². The van der Waals surface area contributed by atoms with Gasteiger partial charge in [-0.05, 0) is 49.2 Å². The van der Waals surface area contributed by atoms with E-state index in [1.54, 1.807) is 7.05 Å². The Labute approximate surface area is 166 Å². The molecule has 0 unspecified atom stereocenters. The van der Waals surface area contributed by atoms with Crippen LogP contribution in [-0.4, -0.2) is 53.5 Å². The summed E-state index contributed by atoms with van der Waals surface area (Å²) < 4.78 is 37.0. The van der Waals surface area contributed by atoms with Crippen molar-refractivity contribution in [3.63, 3.8) is 0 Å². The van der Waals surface area contributed by atoms with E-state index >= 15 is 0 Å². The molecule has 2 rings (SSSR count). The molecule has 28 heavy (non-hydrogen) atoms. The number of aryl methyl sites for hydroxylation is 2. The molecule has 0 N–H and O–H groups in total. The van der Waals surface area contributed by atoms with E-state index in [-0.39, 0.29) is 17.3 Å². The maximum Gasteiger partial charge on any atom is 0.243 e. The molecule has 8 heteroatoms. The Bertz CT molecular complexity index is 973. The van der Waals surface area contributed by atoms with Crippen molar-refractivity contribution in [2.75, 3.05) is 39.8 Å². The van der Waals surface area contributed by atoms with Gasteiger partial charge in [0.25, 0.3) is 0 Å². The van der Waals surface area contributed by atoms with Gasteiger partial charge in [-0.2, -0.15) is 4.31 Å². The van der Waals surface area contributed by atoms with Crippen molar-refractivity contribution < 1.29 is 22.7 Å². The molecule has 0 heterocycles. The van der Waals surface area contributed by atoms with Crippen molar-refractivity contribution in [3.05, 3.63) is 47.5 Å². The summed E-state index contributed by atoms with van der Waals surface area (Å²) in [5, 5.41) is 0. The minimum atomic E-state index is -3.87. The van der Waals surface area contributed by atoms with Gasteiger partial charge < -0.3 is 14.4 Å². The summed E-state index contributed by atoms with van der Waals surface area (Å²) in [4.78, 5) is 14.1. The molecule has 0 saturated heterocycles. The van der Waals surface area contributed by atoms with E-state index in [0.717, 1.165) is 15.4 Å². The Kier molecular flexibility index (Phi) is 6.69. The van der Waals surface area contributed by atoms with E-state index in [2.05, 4.69) is 0 Å². The van der Waals surface area contributed by atoms with Crippen LogP contribution in [0.3, 0.4) is 0 Å². The fourth-order valence-electron chi connectivity index (χ4n) is 2.62. The van der Waals surface area contributed by atoms with Gasteiger partial charge >= 0.3 is 0 Å². The highest BCUT2D eigenvalue weighted by Crippen LogP contribution is 2.30. The van der Waals surface area contributed by atoms with Crippen LogP contribution >= 0.6 is 0 Å². The quantitative estimate of drug-likeness (QED) is 0.706. The Morgan fingerprint density at radius 2 is 1.57 bits per heavy atom. The van der Waals surface area contributed by atoms with Gasteiger partial charge in [-0.3, -0.25) is 4.79 Å². The zero-order valence-electron chi connectivity index (χ0n) is 17.0. The number of methoxy groups -OCH3 is 2. The third-order valence-electron chi connectivity index (χ3n) is 4.67. The Morgan fingerprint density at radius 1 is 0.929 bits per heavy atom. The SMILES string of the molecule is COc1ccc(S(=O)(=O)N(C)CC(=O)N(C)c2ccc(C)c(C)c2)cc1OC. The van der Waals surface area contributed by atoms with Gasteiger partial charge in [-0.1, -0.05) is 6.07 Å². The topological polar surface area (TPSA) is 76.2 Å².